The Morgan fingerprint density at radius 1 is 1.21 bits per heavy atom. The number of aromatic hydroxyl groups is 2. The molecule has 2 heterocycles. The van der Waals surface area contributed by atoms with Gasteiger partial charge in [0, 0.05) is 48.0 Å². The van der Waals surface area contributed by atoms with Gasteiger partial charge in [-0.05, 0) is 30.3 Å². The molecule has 1 aliphatic rings. The number of amides is 1. The number of halogens is 1. The van der Waals surface area contributed by atoms with Gasteiger partial charge in [-0.25, -0.2) is 0 Å². The summed E-state index contributed by atoms with van der Waals surface area (Å²) in [5.74, 6) is 0.265. The smallest absolute Gasteiger partial charge is 0.254 e. The van der Waals surface area contributed by atoms with E-state index in [0.717, 1.165) is 11.3 Å². The highest BCUT2D eigenvalue weighted by Gasteiger charge is 2.27. The topological polar surface area (TPSA) is 98.7 Å². The second-order valence-corrected chi connectivity index (χ2v) is 6.96. The molecular weight excluding hydrogens is 382 g/mol. The first-order chi connectivity index (χ1) is 13.5. The van der Waals surface area contributed by atoms with Crippen LogP contribution >= 0.6 is 11.6 Å². The predicted octanol–water partition coefficient (Wildman–Crippen LogP) is 3.35. The number of fused-ring (bicyclic) bond motifs is 1. The molecule has 3 aromatic rings. The first-order valence-corrected chi connectivity index (χ1v) is 9.07. The third-order valence-corrected chi connectivity index (χ3v) is 5.18. The van der Waals surface area contributed by atoms with Crippen molar-refractivity contribution in [2.45, 2.75) is 13.0 Å². The van der Waals surface area contributed by atoms with Gasteiger partial charge in [0.05, 0.1) is 12.1 Å². The summed E-state index contributed by atoms with van der Waals surface area (Å²) in [5, 5.41) is 27.3. The molecular formula is C20H18ClN3O4. The van der Waals surface area contributed by atoms with Crippen molar-refractivity contribution in [1.82, 2.24) is 15.1 Å². The molecule has 7 nitrogen and oxygen atoms in total. The molecule has 1 aromatic heterocycles. The fourth-order valence-corrected chi connectivity index (χ4v) is 3.51. The lowest BCUT2D eigenvalue weighted by atomic mass is 9.99. The van der Waals surface area contributed by atoms with Gasteiger partial charge in [-0.15, -0.1) is 0 Å². The van der Waals surface area contributed by atoms with Gasteiger partial charge in [0.1, 0.15) is 22.9 Å². The lowest BCUT2D eigenvalue weighted by molar-refractivity contribution is 0.0734. The molecule has 28 heavy (non-hydrogen) atoms. The normalized spacial score (nSPS) is 13.3. The molecule has 0 radical (unpaired) electrons. The van der Waals surface area contributed by atoms with Gasteiger partial charge in [-0.1, -0.05) is 11.6 Å². The second-order valence-electron chi connectivity index (χ2n) is 6.56. The Kier molecular flexibility index (Phi) is 4.60. The lowest BCUT2D eigenvalue weighted by Gasteiger charge is -2.27. The van der Waals surface area contributed by atoms with Crippen LogP contribution in [0.4, 0.5) is 0 Å². The van der Waals surface area contributed by atoms with Gasteiger partial charge < -0.3 is 19.8 Å². The standard InChI is InChI=1S/C20H18ClN3O4/c1-28-12-4-2-11(3-5-12)20(27)24-7-6-16-14(10-24)19(23-22-16)13-8-15(21)18(26)9-17(13)25/h2-5,8-9,25-26H,6-7,10H2,1H3,(H,22,23). The molecule has 3 N–H and O–H groups in total. The molecule has 0 saturated carbocycles. The van der Waals surface area contributed by atoms with Crippen LogP contribution in [-0.4, -0.2) is 44.9 Å². The lowest BCUT2D eigenvalue weighted by Crippen LogP contribution is -2.35. The van der Waals surface area contributed by atoms with Crippen LogP contribution in [0.15, 0.2) is 36.4 Å². The second kappa shape index (κ2) is 7.09. The summed E-state index contributed by atoms with van der Waals surface area (Å²) < 4.78 is 5.13. The molecule has 144 valence electrons. The number of phenols is 2. The first-order valence-electron chi connectivity index (χ1n) is 8.69. The van der Waals surface area contributed by atoms with Crippen LogP contribution in [0.25, 0.3) is 11.3 Å². The maximum Gasteiger partial charge on any atom is 0.254 e. The van der Waals surface area contributed by atoms with Crippen molar-refractivity contribution in [2.24, 2.45) is 0 Å². The van der Waals surface area contributed by atoms with Gasteiger partial charge >= 0.3 is 0 Å². The van der Waals surface area contributed by atoms with Crippen molar-refractivity contribution in [1.29, 1.82) is 0 Å². The Hall–Kier alpha value is -3.19. The Labute approximate surface area is 166 Å². The Morgan fingerprint density at radius 3 is 2.68 bits per heavy atom. The predicted molar refractivity (Wildman–Crippen MR) is 104 cm³/mol. The summed E-state index contributed by atoms with van der Waals surface area (Å²) in [6.45, 7) is 0.909. The van der Waals surface area contributed by atoms with E-state index in [1.54, 1.807) is 36.3 Å². The van der Waals surface area contributed by atoms with Crippen molar-refractivity contribution in [3.05, 3.63) is 58.2 Å². The monoisotopic (exact) mass is 399 g/mol. The third-order valence-electron chi connectivity index (χ3n) is 4.88. The van der Waals surface area contributed by atoms with E-state index in [1.165, 1.54) is 12.1 Å². The number of nitrogens with zero attached hydrogens (tertiary/aromatic N) is 2. The quantitative estimate of drug-likeness (QED) is 0.627. The van der Waals surface area contributed by atoms with Gasteiger partial charge in [0.15, 0.2) is 0 Å². The zero-order valence-corrected chi connectivity index (χ0v) is 15.8. The van der Waals surface area contributed by atoms with Crippen molar-refractivity contribution >= 4 is 17.5 Å². The molecule has 0 unspecified atom stereocenters. The Bertz CT molecular complexity index is 1050. The van der Waals surface area contributed by atoms with E-state index in [2.05, 4.69) is 10.2 Å². The van der Waals surface area contributed by atoms with E-state index in [-0.39, 0.29) is 22.4 Å². The van der Waals surface area contributed by atoms with Crippen molar-refractivity contribution in [2.75, 3.05) is 13.7 Å². The molecule has 8 heteroatoms. The zero-order valence-electron chi connectivity index (χ0n) is 15.1. The average molecular weight is 400 g/mol. The van der Waals surface area contributed by atoms with Crippen molar-refractivity contribution in [3.8, 4) is 28.5 Å². The van der Waals surface area contributed by atoms with Crippen molar-refractivity contribution in [3.63, 3.8) is 0 Å². The number of carbonyl (C=O) groups is 1. The maximum atomic E-state index is 12.9. The SMILES string of the molecule is COc1ccc(C(=O)N2CCc3[nH]nc(-c4cc(Cl)c(O)cc4O)c3C2)cc1. The summed E-state index contributed by atoms with van der Waals surface area (Å²) >= 11 is 6.00. The molecule has 0 saturated heterocycles. The molecule has 1 aliphatic heterocycles. The summed E-state index contributed by atoms with van der Waals surface area (Å²) in [7, 11) is 1.58. The average Bonchev–Trinajstić information content (AvgIpc) is 3.13. The summed E-state index contributed by atoms with van der Waals surface area (Å²) in [6, 6.07) is 9.62. The number of carbonyl (C=O) groups excluding carboxylic acids is 1. The van der Waals surface area contributed by atoms with Crippen LogP contribution in [0.2, 0.25) is 5.02 Å². The minimum Gasteiger partial charge on any atom is -0.507 e. The van der Waals surface area contributed by atoms with Gasteiger partial charge in [-0.2, -0.15) is 5.10 Å². The van der Waals surface area contributed by atoms with Crippen LogP contribution in [0, 0.1) is 0 Å². The van der Waals surface area contributed by atoms with Crippen LogP contribution in [-0.2, 0) is 13.0 Å². The summed E-state index contributed by atoms with van der Waals surface area (Å²) in [6.07, 6.45) is 0.622. The van der Waals surface area contributed by atoms with E-state index in [9.17, 15) is 15.0 Å². The number of methoxy groups -OCH3 is 1. The summed E-state index contributed by atoms with van der Waals surface area (Å²) in [5.41, 5.74) is 3.23. The molecule has 2 aromatic carbocycles. The van der Waals surface area contributed by atoms with Crippen LogP contribution in [0.1, 0.15) is 21.6 Å². The number of nitrogens with one attached hydrogen (secondary N) is 1. The number of hydrogen-bond donors (Lipinski definition) is 3. The minimum absolute atomic E-state index is 0.0894. The number of benzene rings is 2. The number of hydrogen-bond acceptors (Lipinski definition) is 5. The van der Waals surface area contributed by atoms with E-state index < -0.39 is 0 Å². The molecule has 0 atom stereocenters. The fourth-order valence-electron chi connectivity index (χ4n) is 3.35. The highest BCUT2D eigenvalue weighted by molar-refractivity contribution is 6.32. The Balaban J connectivity index is 1.64. The highest BCUT2D eigenvalue weighted by atomic mass is 35.5. The van der Waals surface area contributed by atoms with Gasteiger partial charge in [0.2, 0.25) is 0 Å². The van der Waals surface area contributed by atoms with Crippen LogP contribution < -0.4 is 4.74 Å². The number of aromatic nitrogens is 2. The maximum absolute atomic E-state index is 12.9. The molecule has 0 bridgehead atoms. The minimum atomic E-state index is -0.205. The molecule has 1 amide bonds. The van der Waals surface area contributed by atoms with E-state index in [4.69, 9.17) is 16.3 Å². The number of aromatic amines is 1. The fraction of sp³-hybridized carbons (Fsp3) is 0.200. The molecule has 4 rings (SSSR count). The highest BCUT2D eigenvalue weighted by Crippen LogP contribution is 2.39. The number of H-pyrrole nitrogens is 1. The zero-order chi connectivity index (χ0) is 19.8. The van der Waals surface area contributed by atoms with Gasteiger partial charge in [-0.3, -0.25) is 9.89 Å². The number of phenolic OH excluding ortho intramolecular Hbond substituents is 2. The Morgan fingerprint density at radius 2 is 1.96 bits per heavy atom. The van der Waals surface area contributed by atoms with E-state index in [1.807, 2.05) is 0 Å². The third kappa shape index (κ3) is 3.14. The van der Waals surface area contributed by atoms with E-state index >= 15 is 0 Å². The first kappa shape index (κ1) is 18.2. The molecule has 0 spiro atoms. The molecule has 0 aliphatic carbocycles. The number of ether oxygens (including phenoxy) is 1. The largest absolute Gasteiger partial charge is 0.507 e. The van der Waals surface area contributed by atoms with Crippen molar-refractivity contribution < 1.29 is 19.7 Å². The van der Waals surface area contributed by atoms with Gasteiger partial charge in [0.25, 0.3) is 5.91 Å². The van der Waals surface area contributed by atoms with E-state index in [0.29, 0.717) is 42.1 Å². The number of rotatable bonds is 3. The van der Waals surface area contributed by atoms with Crippen LogP contribution in [0.3, 0.4) is 0 Å². The summed E-state index contributed by atoms with van der Waals surface area (Å²) in [4.78, 5) is 14.6. The molecule has 0 fully saturated rings. The van der Waals surface area contributed by atoms with Crippen LogP contribution in [0.5, 0.6) is 17.2 Å².